The van der Waals surface area contributed by atoms with Gasteiger partial charge in [-0.25, -0.2) is 4.98 Å². The number of nitro groups is 1. The smallest absolute Gasteiger partial charge is 0.274 e. The first-order valence-electron chi connectivity index (χ1n) is 5.66. The lowest BCUT2D eigenvalue weighted by molar-refractivity contribution is -0.384. The van der Waals surface area contributed by atoms with Crippen molar-refractivity contribution in [2.75, 3.05) is 5.32 Å². The molecule has 102 valence electrons. The zero-order valence-electron chi connectivity index (χ0n) is 10.5. The largest absolute Gasteiger partial charge is 0.320 e. The molecule has 1 N–H and O–H groups in total. The second-order valence-electron chi connectivity index (χ2n) is 4.06. The van der Waals surface area contributed by atoms with Crippen LogP contribution in [0.15, 0.2) is 41.0 Å². The van der Waals surface area contributed by atoms with Crippen LogP contribution in [0.25, 0.3) is 0 Å². The number of nitro benzene ring substituents is 1. The third-order valence-electron chi connectivity index (χ3n) is 2.63. The molecule has 0 aliphatic heterocycles. The molecule has 7 heteroatoms. The van der Waals surface area contributed by atoms with Crippen LogP contribution in [-0.2, 0) is 0 Å². The van der Waals surface area contributed by atoms with Crippen molar-refractivity contribution in [1.82, 2.24) is 4.98 Å². The van der Waals surface area contributed by atoms with Gasteiger partial charge in [0.2, 0.25) is 0 Å². The molecule has 1 amide bonds. The van der Waals surface area contributed by atoms with Crippen molar-refractivity contribution in [1.29, 1.82) is 0 Å². The standard InChI is InChI=1S/C13H10BrN3O3/c1-8-5-6-9(17(19)20)7-11(8)16-13(18)10-3-2-4-12(14)15-10/h2-7H,1H3,(H,16,18). The first kappa shape index (κ1) is 14.1. The fourth-order valence-electron chi connectivity index (χ4n) is 1.58. The average Bonchev–Trinajstić information content (AvgIpc) is 2.41. The predicted octanol–water partition coefficient (Wildman–Crippen LogP) is 3.31. The van der Waals surface area contributed by atoms with Crippen LogP contribution in [0.5, 0.6) is 0 Å². The SMILES string of the molecule is Cc1ccc([N+](=O)[O-])cc1NC(=O)c1cccc(Br)n1. The van der Waals surface area contributed by atoms with Crippen LogP contribution in [0.4, 0.5) is 11.4 Å². The second kappa shape index (κ2) is 5.79. The zero-order valence-corrected chi connectivity index (χ0v) is 12.0. The third kappa shape index (κ3) is 3.18. The summed E-state index contributed by atoms with van der Waals surface area (Å²) >= 11 is 3.18. The van der Waals surface area contributed by atoms with Gasteiger partial charge in [0.05, 0.1) is 10.6 Å². The number of benzene rings is 1. The van der Waals surface area contributed by atoms with Gasteiger partial charge in [0.15, 0.2) is 0 Å². The number of anilines is 1. The maximum absolute atomic E-state index is 12.0. The van der Waals surface area contributed by atoms with E-state index in [4.69, 9.17) is 0 Å². The summed E-state index contributed by atoms with van der Waals surface area (Å²) in [5, 5.41) is 13.4. The van der Waals surface area contributed by atoms with Gasteiger partial charge in [0.1, 0.15) is 10.3 Å². The van der Waals surface area contributed by atoms with E-state index in [1.54, 1.807) is 31.2 Å². The Kier molecular flexibility index (Phi) is 4.09. The summed E-state index contributed by atoms with van der Waals surface area (Å²) in [5.41, 5.74) is 1.28. The molecular weight excluding hydrogens is 326 g/mol. The third-order valence-corrected chi connectivity index (χ3v) is 3.07. The highest BCUT2D eigenvalue weighted by molar-refractivity contribution is 9.10. The molecule has 0 saturated carbocycles. The van der Waals surface area contributed by atoms with E-state index in [0.29, 0.717) is 10.3 Å². The monoisotopic (exact) mass is 335 g/mol. The average molecular weight is 336 g/mol. The van der Waals surface area contributed by atoms with E-state index in [0.717, 1.165) is 5.56 Å². The number of halogens is 1. The van der Waals surface area contributed by atoms with Crippen LogP contribution in [-0.4, -0.2) is 15.8 Å². The van der Waals surface area contributed by atoms with Crippen LogP contribution in [0.1, 0.15) is 16.1 Å². The molecular formula is C13H10BrN3O3. The summed E-state index contributed by atoms with van der Waals surface area (Å²) in [6.07, 6.45) is 0. The van der Waals surface area contributed by atoms with Crippen molar-refractivity contribution in [3.8, 4) is 0 Å². The van der Waals surface area contributed by atoms with E-state index in [2.05, 4.69) is 26.2 Å². The van der Waals surface area contributed by atoms with Crippen molar-refractivity contribution in [2.45, 2.75) is 6.92 Å². The van der Waals surface area contributed by atoms with Crippen LogP contribution < -0.4 is 5.32 Å². The first-order valence-corrected chi connectivity index (χ1v) is 6.45. The maximum Gasteiger partial charge on any atom is 0.274 e. The molecule has 0 spiro atoms. The number of hydrogen-bond acceptors (Lipinski definition) is 4. The summed E-state index contributed by atoms with van der Waals surface area (Å²) in [6.45, 7) is 1.76. The minimum Gasteiger partial charge on any atom is -0.320 e. The number of aromatic nitrogens is 1. The molecule has 2 aromatic rings. The van der Waals surface area contributed by atoms with Crippen LogP contribution in [0.2, 0.25) is 0 Å². The van der Waals surface area contributed by atoms with E-state index in [1.165, 1.54) is 12.1 Å². The first-order chi connectivity index (χ1) is 9.47. The Hall–Kier alpha value is -2.28. The van der Waals surface area contributed by atoms with Gasteiger partial charge in [0, 0.05) is 12.1 Å². The van der Waals surface area contributed by atoms with Gasteiger partial charge in [-0.15, -0.1) is 0 Å². The van der Waals surface area contributed by atoms with Crippen molar-refractivity contribution in [3.63, 3.8) is 0 Å². The van der Waals surface area contributed by atoms with Gasteiger partial charge in [0.25, 0.3) is 11.6 Å². The zero-order chi connectivity index (χ0) is 14.7. The number of pyridine rings is 1. The molecule has 6 nitrogen and oxygen atoms in total. The lowest BCUT2D eigenvalue weighted by atomic mass is 10.1. The van der Waals surface area contributed by atoms with E-state index < -0.39 is 10.8 Å². The van der Waals surface area contributed by atoms with Gasteiger partial charge in [-0.2, -0.15) is 0 Å². The summed E-state index contributed by atoms with van der Waals surface area (Å²) < 4.78 is 0.543. The van der Waals surface area contributed by atoms with Crippen LogP contribution >= 0.6 is 15.9 Å². The molecule has 20 heavy (non-hydrogen) atoms. The topological polar surface area (TPSA) is 85.1 Å². The highest BCUT2D eigenvalue weighted by atomic mass is 79.9. The molecule has 0 fully saturated rings. The predicted molar refractivity (Wildman–Crippen MR) is 77.7 cm³/mol. The summed E-state index contributed by atoms with van der Waals surface area (Å²) in [5.74, 6) is -0.421. The van der Waals surface area contributed by atoms with Gasteiger partial charge < -0.3 is 5.32 Å². The Bertz CT molecular complexity index is 688. The maximum atomic E-state index is 12.0. The molecule has 0 unspecified atom stereocenters. The van der Waals surface area contributed by atoms with Gasteiger partial charge in [-0.1, -0.05) is 12.1 Å². The van der Waals surface area contributed by atoms with E-state index >= 15 is 0 Å². The lowest BCUT2D eigenvalue weighted by Crippen LogP contribution is -2.14. The number of carbonyl (C=O) groups is 1. The van der Waals surface area contributed by atoms with Crippen LogP contribution in [0, 0.1) is 17.0 Å². The molecule has 1 aromatic carbocycles. The number of nitrogens with one attached hydrogen (secondary N) is 1. The normalized spacial score (nSPS) is 10.1. The molecule has 0 aliphatic carbocycles. The highest BCUT2D eigenvalue weighted by Gasteiger charge is 2.13. The van der Waals surface area contributed by atoms with Crippen molar-refractivity contribution >= 4 is 33.2 Å². The number of aryl methyl sites for hydroxylation is 1. The van der Waals surface area contributed by atoms with Crippen molar-refractivity contribution < 1.29 is 9.72 Å². The number of rotatable bonds is 3. The van der Waals surface area contributed by atoms with Gasteiger partial charge in [-0.3, -0.25) is 14.9 Å². The molecule has 0 aliphatic rings. The number of non-ortho nitro benzene ring substituents is 1. The second-order valence-corrected chi connectivity index (χ2v) is 4.87. The summed E-state index contributed by atoms with van der Waals surface area (Å²) in [7, 11) is 0. The fourth-order valence-corrected chi connectivity index (χ4v) is 1.92. The number of nitrogens with zero attached hydrogens (tertiary/aromatic N) is 2. The molecule has 0 bridgehead atoms. The van der Waals surface area contributed by atoms with Gasteiger partial charge >= 0.3 is 0 Å². The minimum atomic E-state index is -0.507. The molecule has 1 heterocycles. The summed E-state index contributed by atoms with van der Waals surface area (Å²) in [6, 6.07) is 9.25. The number of carbonyl (C=O) groups excluding carboxylic acids is 1. The Morgan fingerprint density at radius 1 is 1.35 bits per heavy atom. The Morgan fingerprint density at radius 3 is 2.75 bits per heavy atom. The fraction of sp³-hybridized carbons (Fsp3) is 0.0769. The molecule has 0 atom stereocenters. The van der Waals surface area contributed by atoms with Crippen molar-refractivity contribution in [3.05, 3.63) is 62.4 Å². The molecule has 1 aromatic heterocycles. The number of amides is 1. The molecule has 2 rings (SSSR count). The highest BCUT2D eigenvalue weighted by Crippen LogP contribution is 2.22. The quantitative estimate of drug-likeness (QED) is 0.529. The van der Waals surface area contributed by atoms with Gasteiger partial charge in [-0.05, 0) is 40.5 Å². The van der Waals surface area contributed by atoms with Crippen LogP contribution in [0.3, 0.4) is 0 Å². The Morgan fingerprint density at radius 2 is 2.10 bits per heavy atom. The van der Waals surface area contributed by atoms with Crippen molar-refractivity contribution in [2.24, 2.45) is 0 Å². The molecule has 0 radical (unpaired) electrons. The minimum absolute atomic E-state index is 0.0758. The number of hydrogen-bond donors (Lipinski definition) is 1. The lowest BCUT2D eigenvalue weighted by Gasteiger charge is -2.07. The van der Waals surface area contributed by atoms with E-state index in [9.17, 15) is 14.9 Å². The van der Waals surface area contributed by atoms with E-state index in [1.807, 2.05) is 0 Å². The van der Waals surface area contributed by atoms with E-state index in [-0.39, 0.29) is 11.4 Å². The molecule has 0 saturated heterocycles. The Balaban J connectivity index is 2.27. The Labute approximate surface area is 123 Å². The summed E-state index contributed by atoms with van der Waals surface area (Å²) in [4.78, 5) is 26.3.